The van der Waals surface area contributed by atoms with Crippen molar-refractivity contribution in [2.45, 2.75) is 73.1 Å². The monoisotopic (exact) mass is 521 g/mol. The molecule has 2 saturated heterocycles. The minimum atomic E-state index is -1.60. The SMILES string of the molecule is C=C1NC(=O)C2(Cc3cc(-c4nnc(C)s4)c(F)c(F)c3N3CC(C)OC(C)C32)C(=O)N1.CC.CC. The molecule has 1 aromatic carbocycles. The van der Waals surface area contributed by atoms with E-state index in [9.17, 15) is 9.59 Å². The zero-order valence-corrected chi connectivity index (χ0v) is 22.5. The lowest BCUT2D eigenvalue weighted by Crippen LogP contribution is -2.74. The molecule has 2 fully saturated rings. The summed E-state index contributed by atoms with van der Waals surface area (Å²) < 4.78 is 36.7. The van der Waals surface area contributed by atoms with Crippen LogP contribution in [0.15, 0.2) is 18.5 Å². The molecule has 5 rings (SSSR count). The molecule has 2 aromatic rings. The van der Waals surface area contributed by atoms with Crippen molar-refractivity contribution < 1.29 is 23.1 Å². The highest BCUT2D eigenvalue weighted by molar-refractivity contribution is 7.14. The zero-order chi connectivity index (χ0) is 26.9. The van der Waals surface area contributed by atoms with Crippen LogP contribution in [-0.2, 0) is 20.7 Å². The number of amides is 2. The molecular formula is C25H33F2N5O3S. The van der Waals surface area contributed by atoms with E-state index in [1.165, 1.54) is 6.07 Å². The predicted molar refractivity (Wildman–Crippen MR) is 135 cm³/mol. The molecule has 1 aromatic heterocycles. The van der Waals surface area contributed by atoms with Gasteiger partial charge in [-0.15, -0.1) is 10.2 Å². The van der Waals surface area contributed by atoms with Crippen LogP contribution in [0.4, 0.5) is 14.5 Å². The summed E-state index contributed by atoms with van der Waals surface area (Å²) in [7, 11) is 0. The van der Waals surface area contributed by atoms with Gasteiger partial charge in [-0.2, -0.15) is 0 Å². The standard InChI is InChI=1S/C21H21F2N5O3S.2C2H6/c1-8-7-28-16-12(5-13(14(22)15(16)23)18-27-26-11(4)32-18)6-21(17(28)9(2)31-8)19(29)24-10(3)25-20(21)30;2*1-2/h5,8-9,17H,3,6-7H2,1-2,4H3,(H,24,29)(H,25,30);2*1-2H3. The van der Waals surface area contributed by atoms with Crippen LogP contribution in [-0.4, -0.2) is 46.8 Å². The van der Waals surface area contributed by atoms with Crippen LogP contribution >= 0.6 is 11.3 Å². The maximum Gasteiger partial charge on any atom is 0.243 e. The number of rotatable bonds is 1. The Morgan fingerprint density at radius 3 is 2.28 bits per heavy atom. The Morgan fingerprint density at radius 1 is 1.11 bits per heavy atom. The van der Waals surface area contributed by atoms with Gasteiger partial charge in [-0.3, -0.25) is 9.59 Å². The Morgan fingerprint density at radius 2 is 1.72 bits per heavy atom. The Kier molecular flexibility index (Phi) is 8.14. The summed E-state index contributed by atoms with van der Waals surface area (Å²) in [6.45, 7) is 17.1. The topological polar surface area (TPSA) is 96.5 Å². The second kappa shape index (κ2) is 10.6. The van der Waals surface area contributed by atoms with Crippen molar-refractivity contribution in [1.29, 1.82) is 0 Å². The van der Waals surface area contributed by atoms with Gasteiger partial charge in [0.2, 0.25) is 11.8 Å². The van der Waals surface area contributed by atoms with Crippen LogP contribution < -0.4 is 15.5 Å². The fourth-order valence-electron chi connectivity index (χ4n) is 5.17. The van der Waals surface area contributed by atoms with E-state index in [-0.39, 0.29) is 41.1 Å². The molecule has 0 aliphatic carbocycles. The van der Waals surface area contributed by atoms with E-state index in [1.54, 1.807) is 18.7 Å². The molecule has 3 aliphatic heterocycles. The number of carbonyl (C=O) groups is 2. The van der Waals surface area contributed by atoms with E-state index in [1.807, 2.05) is 34.6 Å². The maximum atomic E-state index is 15.6. The number of halogens is 2. The number of hydrogen-bond donors (Lipinski definition) is 2. The van der Waals surface area contributed by atoms with Gasteiger partial charge in [0, 0.05) is 13.0 Å². The second-order valence-electron chi connectivity index (χ2n) is 8.47. The number of aryl methyl sites for hydroxylation is 1. The molecule has 8 nitrogen and oxygen atoms in total. The van der Waals surface area contributed by atoms with E-state index in [0.29, 0.717) is 10.6 Å². The van der Waals surface area contributed by atoms with Crippen molar-refractivity contribution >= 4 is 28.8 Å². The van der Waals surface area contributed by atoms with Gasteiger partial charge in [0.25, 0.3) is 0 Å². The minimum absolute atomic E-state index is 0.0455. The first-order valence-electron chi connectivity index (χ1n) is 12.2. The molecule has 2 N–H and O–H groups in total. The summed E-state index contributed by atoms with van der Waals surface area (Å²) in [6, 6.07) is 0.642. The fraction of sp³-hybridized carbons (Fsp3) is 0.520. The molecule has 3 unspecified atom stereocenters. The molecule has 36 heavy (non-hydrogen) atoms. The first kappa shape index (κ1) is 27.7. The molecule has 4 heterocycles. The number of benzene rings is 1. The van der Waals surface area contributed by atoms with Crippen LogP contribution in [0.3, 0.4) is 0 Å². The molecule has 0 bridgehead atoms. The number of aromatic nitrogens is 2. The van der Waals surface area contributed by atoms with Crippen molar-refractivity contribution in [3.05, 3.63) is 40.7 Å². The summed E-state index contributed by atoms with van der Waals surface area (Å²) >= 11 is 1.13. The smallest absolute Gasteiger partial charge is 0.243 e. The minimum Gasteiger partial charge on any atom is -0.372 e. The highest BCUT2D eigenvalue weighted by Crippen LogP contribution is 2.49. The molecule has 3 aliphatic rings. The number of nitrogens with zero attached hydrogens (tertiary/aromatic N) is 3. The van der Waals surface area contributed by atoms with Crippen molar-refractivity contribution in [2.75, 3.05) is 11.4 Å². The summed E-state index contributed by atoms with van der Waals surface area (Å²) in [5.74, 6) is -3.08. The van der Waals surface area contributed by atoms with Crippen molar-refractivity contribution in [2.24, 2.45) is 5.41 Å². The molecule has 3 atom stereocenters. The van der Waals surface area contributed by atoms with E-state index >= 15 is 8.78 Å². The van der Waals surface area contributed by atoms with Crippen LogP contribution in [0.1, 0.15) is 52.1 Å². The maximum absolute atomic E-state index is 15.6. The van der Waals surface area contributed by atoms with Gasteiger partial charge in [0.1, 0.15) is 10.8 Å². The van der Waals surface area contributed by atoms with Gasteiger partial charge < -0.3 is 20.3 Å². The van der Waals surface area contributed by atoms with Crippen LogP contribution in [0.25, 0.3) is 10.6 Å². The molecule has 11 heteroatoms. The lowest BCUT2D eigenvalue weighted by molar-refractivity contribution is -0.154. The van der Waals surface area contributed by atoms with Gasteiger partial charge in [0.15, 0.2) is 22.1 Å². The first-order valence-corrected chi connectivity index (χ1v) is 13.0. The van der Waals surface area contributed by atoms with Gasteiger partial charge >= 0.3 is 0 Å². The average Bonchev–Trinajstić information content (AvgIpc) is 3.27. The predicted octanol–water partition coefficient (Wildman–Crippen LogP) is 4.09. The van der Waals surface area contributed by atoms with E-state index < -0.39 is 41.0 Å². The number of morpholine rings is 1. The van der Waals surface area contributed by atoms with E-state index in [0.717, 1.165) is 11.3 Å². The highest BCUT2D eigenvalue weighted by Gasteiger charge is 2.62. The number of nitrogens with one attached hydrogen (secondary N) is 2. The van der Waals surface area contributed by atoms with Crippen molar-refractivity contribution in [3.8, 4) is 10.6 Å². The third kappa shape index (κ3) is 4.28. The molecule has 0 radical (unpaired) electrons. The Labute approximate surface area is 214 Å². The van der Waals surface area contributed by atoms with Crippen LogP contribution in [0.5, 0.6) is 0 Å². The zero-order valence-electron chi connectivity index (χ0n) is 21.7. The van der Waals surface area contributed by atoms with Crippen LogP contribution in [0, 0.1) is 24.0 Å². The normalized spacial score (nSPS) is 23.9. The summed E-state index contributed by atoms with van der Waals surface area (Å²) in [5, 5.41) is 13.9. The summed E-state index contributed by atoms with van der Waals surface area (Å²) in [4.78, 5) is 28.2. The van der Waals surface area contributed by atoms with Crippen molar-refractivity contribution in [3.63, 3.8) is 0 Å². The Bertz CT molecular complexity index is 1160. The van der Waals surface area contributed by atoms with Gasteiger partial charge in [0.05, 0.1) is 29.5 Å². The molecular weight excluding hydrogens is 488 g/mol. The lowest BCUT2D eigenvalue weighted by Gasteiger charge is -2.55. The molecule has 196 valence electrons. The Balaban J connectivity index is 0.000000861. The molecule has 1 spiro atoms. The fourth-order valence-corrected chi connectivity index (χ4v) is 5.87. The van der Waals surface area contributed by atoms with E-state index in [2.05, 4.69) is 27.4 Å². The largest absolute Gasteiger partial charge is 0.372 e. The van der Waals surface area contributed by atoms with Gasteiger partial charge in [-0.1, -0.05) is 45.6 Å². The quantitative estimate of drug-likeness (QED) is 0.549. The average molecular weight is 522 g/mol. The molecule has 2 amide bonds. The number of ether oxygens (including phenoxy) is 1. The highest BCUT2D eigenvalue weighted by atomic mass is 32.1. The third-order valence-corrected chi connectivity index (χ3v) is 7.17. The van der Waals surface area contributed by atoms with Crippen molar-refractivity contribution in [1.82, 2.24) is 20.8 Å². The lowest BCUT2D eigenvalue weighted by atomic mass is 9.66. The number of fused-ring (bicyclic) bond motifs is 4. The summed E-state index contributed by atoms with van der Waals surface area (Å²) in [6.07, 6.45) is -1.04. The second-order valence-corrected chi connectivity index (χ2v) is 9.65. The first-order chi connectivity index (χ1) is 17.1. The van der Waals surface area contributed by atoms with Crippen LogP contribution in [0.2, 0.25) is 0 Å². The van der Waals surface area contributed by atoms with Gasteiger partial charge in [-0.05, 0) is 32.4 Å². The van der Waals surface area contributed by atoms with Gasteiger partial charge in [-0.25, -0.2) is 8.78 Å². The Hall–Kier alpha value is -2.92. The number of hydrogen-bond acceptors (Lipinski definition) is 7. The number of carbonyl (C=O) groups excluding carboxylic acids is 2. The van der Waals surface area contributed by atoms with E-state index in [4.69, 9.17) is 4.74 Å². The molecule has 0 saturated carbocycles. The number of anilines is 1. The summed E-state index contributed by atoms with van der Waals surface area (Å²) in [5.41, 5.74) is -1.25. The third-order valence-electron chi connectivity index (χ3n) is 6.30.